The maximum absolute atomic E-state index is 13.6. The molecule has 0 spiro atoms. The Labute approximate surface area is 169 Å². The molecule has 4 rings (SSSR count). The Kier molecular flexibility index (Phi) is 5.35. The molecule has 1 unspecified atom stereocenters. The molecule has 2 aliphatic rings. The minimum atomic E-state index is -0.517. The van der Waals surface area contributed by atoms with E-state index >= 15 is 0 Å². The van der Waals surface area contributed by atoms with Crippen LogP contribution in [0.25, 0.3) is 0 Å². The van der Waals surface area contributed by atoms with Crippen LogP contribution >= 0.6 is 0 Å². The molecule has 0 amide bonds. The Balaban J connectivity index is 1.72. The van der Waals surface area contributed by atoms with Crippen LogP contribution in [0, 0.1) is 19.7 Å². The average Bonchev–Trinajstić information content (AvgIpc) is 2.68. The Hall–Kier alpha value is -3.13. The van der Waals surface area contributed by atoms with Crippen molar-refractivity contribution in [1.82, 2.24) is 4.90 Å². The van der Waals surface area contributed by atoms with Crippen LogP contribution < -0.4 is 16.0 Å². The van der Waals surface area contributed by atoms with Gasteiger partial charge in [-0.1, -0.05) is 6.07 Å². The van der Waals surface area contributed by atoms with Crippen LogP contribution in [0.4, 0.5) is 15.8 Å². The molecule has 1 atom stereocenters. The quantitative estimate of drug-likeness (QED) is 0.834. The zero-order valence-corrected chi connectivity index (χ0v) is 16.6. The van der Waals surface area contributed by atoms with Gasteiger partial charge in [0, 0.05) is 24.5 Å². The number of aliphatic imine (C=N–C) groups is 2. The number of hydrogen-bond donors (Lipinski definition) is 2. The highest BCUT2D eigenvalue weighted by atomic mass is 19.1. The second-order valence-electron chi connectivity index (χ2n) is 7.24. The molecule has 3 N–H and O–H groups in total. The lowest BCUT2D eigenvalue weighted by Crippen LogP contribution is -2.57. The van der Waals surface area contributed by atoms with Gasteiger partial charge in [0.15, 0.2) is 0 Å². The fourth-order valence-corrected chi connectivity index (χ4v) is 3.63. The molecule has 0 saturated carbocycles. The molecule has 2 aromatic carbocycles. The van der Waals surface area contributed by atoms with E-state index in [0.29, 0.717) is 32.3 Å². The molecular weight excluding hydrogens is 371 g/mol. The first-order chi connectivity index (χ1) is 14.0. The van der Waals surface area contributed by atoms with Gasteiger partial charge in [0.05, 0.1) is 13.2 Å². The molecule has 8 heteroatoms. The van der Waals surface area contributed by atoms with E-state index in [4.69, 9.17) is 10.5 Å². The van der Waals surface area contributed by atoms with E-state index in [1.807, 2.05) is 4.90 Å². The van der Waals surface area contributed by atoms with Crippen molar-refractivity contribution in [2.45, 2.75) is 20.1 Å². The first kappa shape index (κ1) is 19.2. The molecule has 0 aliphatic carbocycles. The summed E-state index contributed by atoms with van der Waals surface area (Å²) in [7, 11) is 0. The van der Waals surface area contributed by atoms with Crippen molar-refractivity contribution in [3.05, 3.63) is 59.4 Å². The van der Waals surface area contributed by atoms with E-state index in [0.717, 1.165) is 22.5 Å². The lowest BCUT2D eigenvalue weighted by Gasteiger charge is -2.41. The Morgan fingerprint density at radius 3 is 2.38 bits per heavy atom. The maximum Gasteiger partial charge on any atom is 0.222 e. The summed E-state index contributed by atoms with van der Waals surface area (Å²) in [5, 5.41) is 3.45. The summed E-state index contributed by atoms with van der Waals surface area (Å²) in [6.45, 7) is 6.72. The van der Waals surface area contributed by atoms with E-state index in [9.17, 15) is 4.39 Å². The summed E-state index contributed by atoms with van der Waals surface area (Å²) in [5.41, 5.74) is 10.1. The normalized spacial score (nSPS) is 19.6. The van der Waals surface area contributed by atoms with Crippen LogP contribution in [-0.4, -0.2) is 49.4 Å². The molecule has 2 aromatic rings. The number of aryl methyl sites for hydroxylation is 2. The Morgan fingerprint density at radius 2 is 1.72 bits per heavy atom. The molecular formula is C21H25FN6O. The molecule has 7 nitrogen and oxygen atoms in total. The van der Waals surface area contributed by atoms with Crippen LogP contribution in [0.3, 0.4) is 0 Å². The lowest BCUT2D eigenvalue weighted by molar-refractivity contribution is 0.0671. The van der Waals surface area contributed by atoms with Crippen molar-refractivity contribution in [3.63, 3.8) is 0 Å². The van der Waals surface area contributed by atoms with Gasteiger partial charge < -0.3 is 20.7 Å². The van der Waals surface area contributed by atoms with Gasteiger partial charge in [-0.3, -0.25) is 4.90 Å². The average molecular weight is 396 g/mol. The number of anilines is 2. The minimum absolute atomic E-state index is 0.201. The highest BCUT2D eigenvalue weighted by Gasteiger charge is 2.32. The SMILES string of the molecule is Cc1cc(C)cc(NC2N=C(N)N=C(N3CCOCC3)N2c2ccc(F)cc2)c1. The third-order valence-corrected chi connectivity index (χ3v) is 4.85. The molecule has 1 fully saturated rings. The first-order valence-electron chi connectivity index (χ1n) is 9.64. The fraction of sp³-hybridized carbons (Fsp3) is 0.333. The van der Waals surface area contributed by atoms with Crippen molar-refractivity contribution >= 4 is 23.3 Å². The summed E-state index contributed by atoms with van der Waals surface area (Å²) < 4.78 is 19.0. The zero-order chi connectivity index (χ0) is 20.4. The molecule has 152 valence electrons. The van der Waals surface area contributed by atoms with E-state index in [1.165, 1.54) is 12.1 Å². The number of guanidine groups is 2. The first-order valence-corrected chi connectivity index (χ1v) is 9.64. The van der Waals surface area contributed by atoms with Gasteiger partial charge in [-0.25, -0.2) is 9.38 Å². The van der Waals surface area contributed by atoms with Crippen LogP contribution in [0.15, 0.2) is 52.4 Å². The summed E-state index contributed by atoms with van der Waals surface area (Å²) in [6.07, 6.45) is -0.517. The standard InChI is InChI=1S/C21H25FN6O/c1-14-11-15(2)13-17(12-14)24-20-25-19(23)26-21(27-7-9-29-10-8-27)28(20)18-5-3-16(22)4-6-18/h3-6,11-13,20,24H,7-10H2,1-2H3,(H2,23,25). The van der Waals surface area contributed by atoms with Crippen molar-refractivity contribution in [3.8, 4) is 0 Å². The van der Waals surface area contributed by atoms with Gasteiger partial charge in [0.2, 0.25) is 18.2 Å². The number of benzene rings is 2. The van der Waals surface area contributed by atoms with Gasteiger partial charge in [0.1, 0.15) is 5.82 Å². The lowest BCUT2D eigenvalue weighted by atomic mass is 10.1. The number of nitrogens with one attached hydrogen (secondary N) is 1. The fourth-order valence-electron chi connectivity index (χ4n) is 3.63. The van der Waals surface area contributed by atoms with E-state index in [2.05, 4.69) is 52.2 Å². The van der Waals surface area contributed by atoms with Crippen LogP contribution in [0.1, 0.15) is 11.1 Å². The van der Waals surface area contributed by atoms with Crippen LogP contribution in [0.5, 0.6) is 0 Å². The topological polar surface area (TPSA) is 78.5 Å². The largest absolute Gasteiger partial charge is 0.378 e. The summed E-state index contributed by atoms with van der Waals surface area (Å²) in [6, 6.07) is 12.5. The number of rotatable bonds is 3. The third kappa shape index (κ3) is 4.32. The Bertz CT molecular complexity index is 916. The second kappa shape index (κ2) is 8.08. The molecule has 0 bridgehead atoms. The number of morpholine rings is 1. The predicted octanol–water partition coefficient (Wildman–Crippen LogP) is 2.66. The van der Waals surface area contributed by atoms with Crippen LogP contribution in [-0.2, 0) is 4.74 Å². The van der Waals surface area contributed by atoms with Gasteiger partial charge in [-0.2, -0.15) is 4.99 Å². The highest BCUT2D eigenvalue weighted by molar-refractivity contribution is 6.06. The number of hydrogen-bond acceptors (Lipinski definition) is 7. The molecule has 0 aromatic heterocycles. The minimum Gasteiger partial charge on any atom is -0.378 e. The summed E-state index contributed by atoms with van der Waals surface area (Å²) in [4.78, 5) is 13.1. The number of ether oxygens (including phenoxy) is 1. The molecule has 2 aliphatic heterocycles. The van der Waals surface area contributed by atoms with Crippen molar-refractivity contribution in [2.75, 3.05) is 36.5 Å². The highest BCUT2D eigenvalue weighted by Crippen LogP contribution is 2.25. The smallest absolute Gasteiger partial charge is 0.222 e. The summed E-state index contributed by atoms with van der Waals surface area (Å²) >= 11 is 0. The number of halogens is 1. The van der Waals surface area contributed by atoms with E-state index < -0.39 is 6.29 Å². The molecule has 0 radical (unpaired) electrons. The van der Waals surface area contributed by atoms with Crippen LogP contribution in [0.2, 0.25) is 0 Å². The third-order valence-electron chi connectivity index (χ3n) is 4.85. The number of nitrogens with zero attached hydrogens (tertiary/aromatic N) is 4. The Morgan fingerprint density at radius 1 is 1.07 bits per heavy atom. The molecule has 29 heavy (non-hydrogen) atoms. The van der Waals surface area contributed by atoms with Gasteiger partial charge in [0.25, 0.3) is 0 Å². The predicted molar refractivity (Wildman–Crippen MR) is 114 cm³/mol. The van der Waals surface area contributed by atoms with E-state index in [-0.39, 0.29) is 11.8 Å². The molecule has 1 saturated heterocycles. The van der Waals surface area contributed by atoms with E-state index in [1.54, 1.807) is 12.1 Å². The van der Waals surface area contributed by atoms with Crippen molar-refractivity contribution in [2.24, 2.45) is 15.7 Å². The van der Waals surface area contributed by atoms with Gasteiger partial charge in [-0.15, -0.1) is 0 Å². The molecule has 2 heterocycles. The van der Waals surface area contributed by atoms with Crippen molar-refractivity contribution < 1.29 is 9.13 Å². The summed E-state index contributed by atoms with van der Waals surface area (Å²) in [5.74, 6) is 0.582. The maximum atomic E-state index is 13.6. The second-order valence-corrected chi connectivity index (χ2v) is 7.24. The monoisotopic (exact) mass is 396 g/mol. The van der Waals surface area contributed by atoms with Gasteiger partial charge >= 0.3 is 0 Å². The van der Waals surface area contributed by atoms with Gasteiger partial charge in [-0.05, 0) is 61.4 Å². The zero-order valence-electron chi connectivity index (χ0n) is 16.6. The number of nitrogens with two attached hydrogens (primary N) is 1. The van der Waals surface area contributed by atoms with Crippen molar-refractivity contribution in [1.29, 1.82) is 0 Å².